The second-order valence-corrected chi connectivity index (χ2v) is 4.49. The predicted molar refractivity (Wildman–Crippen MR) is 65.2 cm³/mol. The van der Waals surface area contributed by atoms with Gasteiger partial charge in [-0.25, -0.2) is 13.2 Å². The Hall–Kier alpha value is -1.48. The second-order valence-electron chi connectivity index (χ2n) is 4.05. The van der Waals surface area contributed by atoms with E-state index in [9.17, 15) is 13.2 Å². The Morgan fingerprint density at radius 1 is 0.889 bits per heavy atom. The fourth-order valence-corrected chi connectivity index (χ4v) is 2.06. The van der Waals surface area contributed by atoms with Crippen molar-refractivity contribution in [2.24, 2.45) is 0 Å². The summed E-state index contributed by atoms with van der Waals surface area (Å²) >= 11 is 6.02. The van der Waals surface area contributed by atoms with Crippen LogP contribution in [0, 0.1) is 24.4 Å². The number of aryl methyl sites for hydroxylation is 1. The molecule has 0 radical (unpaired) electrons. The maximum atomic E-state index is 13.7. The van der Waals surface area contributed by atoms with Crippen LogP contribution in [0.1, 0.15) is 22.1 Å². The molecule has 2 rings (SSSR count). The molecule has 4 heteroatoms. The average molecular weight is 271 g/mol. The van der Waals surface area contributed by atoms with E-state index in [1.165, 1.54) is 12.1 Å². The van der Waals surface area contributed by atoms with Crippen LogP contribution < -0.4 is 0 Å². The van der Waals surface area contributed by atoms with Crippen molar-refractivity contribution in [3.63, 3.8) is 0 Å². The Labute approximate surface area is 108 Å². The molecule has 0 spiro atoms. The second kappa shape index (κ2) is 5.02. The van der Waals surface area contributed by atoms with Crippen LogP contribution in [0.3, 0.4) is 0 Å². The van der Waals surface area contributed by atoms with E-state index in [2.05, 4.69) is 0 Å². The summed E-state index contributed by atoms with van der Waals surface area (Å²) in [6, 6.07) is 7.41. The molecule has 0 heterocycles. The van der Waals surface area contributed by atoms with Crippen LogP contribution in [-0.2, 0) is 0 Å². The molecule has 0 saturated heterocycles. The van der Waals surface area contributed by atoms with Crippen molar-refractivity contribution >= 4 is 11.6 Å². The minimum Gasteiger partial charge on any atom is -0.207 e. The third kappa shape index (κ3) is 2.51. The first-order valence-corrected chi connectivity index (χ1v) is 5.78. The van der Waals surface area contributed by atoms with E-state index in [0.717, 1.165) is 23.8 Å². The van der Waals surface area contributed by atoms with Crippen molar-refractivity contribution in [2.45, 2.75) is 12.3 Å². The van der Waals surface area contributed by atoms with E-state index < -0.39 is 22.8 Å². The van der Waals surface area contributed by atoms with Gasteiger partial charge in [-0.2, -0.15) is 0 Å². The highest BCUT2D eigenvalue weighted by molar-refractivity contribution is 6.22. The summed E-state index contributed by atoms with van der Waals surface area (Å²) in [6.07, 6.45) is 0. The standard InChI is InChI=1S/C14H10ClF3/c1-8-2-4-10(13(18)6-8)14(15)11-7-9(16)3-5-12(11)17/h2-7,14H,1H3. The van der Waals surface area contributed by atoms with Crippen molar-refractivity contribution in [2.75, 3.05) is 0 Å². The molecule has 0 bridgehead atoms. The van der Waals surface area contributed by atoms with Crippen molar-refractivity contribution < 1.29 is 13.2 Å². The van der Waals surface area contributed by atoms with Gasteiger partial charge >= 0.3 is 0 Å². The van der Waals surface area contributed by atoms with Crippen LogP contribution in [0.25, 0.3) is 0 Å². The van der Waals surface area contributed by atoms with Gasteiger partial charge in [-0.15, -0.1) is 11.6 Å². The maximum absolute atomic E-state index is 13.7. The first-order valence-electron chi connectivity index (χ1n) is 5.34. The van der Waals surface area contributed by atoms with Gasteiger partial charge in [0.05, 0.1) is 5.38 Å². The van der Waals surface area contributed by atoms with E-state index in [0.29, 0.717) is 0 Å². The van der Waals surface area contributed by atoms with Gasteiger partial charge in [-0.3, -0.25) is 0 Å². The van der Waals surface area contributed by atoms with Gasteiger partial charge in [-0.1, -0.05) is 12.1 Å². The number of hydrogen-bond acceptors (Lipinski definition) is 0. The van der Waals surface area contributed by atoms with E-state index in [1.807, 2.05) is 0 Å². The van der Waals surface area contributed by atoms with Crippen LogP contribution in [0.4, 0.5) is 13.2 Å². The Balaban J connectivity index is 2.47. The lowest BCUT2D eigenvalue weighted by molar-refractivity contribution is 0.579. The smallest absolute Gasteiger partial charge is 0.128 e. The molecule has 18 heavy (non-hydrogen) atoms. The van der Waals surface area contributed by atoms with E-state index in [-0.39, 0.29) is 11.1 Å². The zero-order chi connectivity index (χ0) is 13.3. The first-order chi connectivity index (χ1) is 8.49. The highest BCUT2D eigenvalue weighted by atomic mass is 35.5. The zero-order valence-electron chi connectivity index (χ0n) is 9.55. The highest BCUT2D eigenvalue weighted by Crippen LogP contribution is 2.32. The lowest BCUT2D eigenvalue weighted by atomic mass is 10.0. The average Bonchev–Trinajstić information content (AvgIpc) is 2.31. The van der Waals surface area contributed by atoms with Gasteiger partial charge in [0, 0.05) is 11.1 Å². The Morgan fingerprint density at radius 2 is 1.61 bits per heavy atom. The van der Waals surface area contributed by atoms with Crippen molar-refractivity contribution in [1.29, 1.82) is 0 Å². The molecular formula is C14H10ClF3. The Morgan fingerprint density at radius 3 is 2.28 bits per heavy atom. The molecule has 0 aliphatic heterocycles. The van der Waals surface area contributed by atoms with Gasteiger partial charge in [-0.05, 0) is 36.8 Å². The molecule has 0 saturated carbocycles. The van der Waals surface area contributed by atoms with Crippen LogP contribution >= 0.6 is 11.6 Å². The quantitative estimate of drug-likeness (QED) is 0.692. The summed E-state index contributed by atoms with van der Waals surface area (Å²) in [6.45, 7) is 1.73. The molecule has 1 unspecified atom stereocenters. The van der Waals surface area contributed by atoms with Gasteiger partial charge in [0.1, 0.15) is 17.5 Å². The van der Waals surface area contributed by atoms with Crippen LogP contribution in [0.2, 0.25) is 0 Å². The molecule has 0 fully saturated rings. The molecule has 94 valence electrons. The summed E-state index contributed by atoms with van der Waals surface area (Å²) in [4.78, 5) is 0. The summed E-state index contributed by atoms with van der Waals surface area (Å²) in [5.41, 5.74) is 0.797. The molecule has 0 N–H and O–H groups in total. The third-order valence-corrected chi connectivity index (χ3v) is 3.13. The predicted octanol–water partition coefficient (Wildman–Crippen LogP) is 4.74. The Bertz CT molecular complexity index is 581. The molecule has 0 aliphatic carbocycles. The van der Waals surface area contributed by atoms with Crippen molar-refractivity contribution in [1.82, 2.24) is 0 Å². The topological polar surface area (TPSA) is 0 Å². The SMILES string of the molecule is Cc1ccc(C(Cl)c2cc(F)ccc2F)c(F)c1. The van der Waals surface area contributed by atoms with E-state index in [4.69, 9.17) is 11.6 Å². The largest absolute Gasteiger partial charge is 0.207 e. The lowest BCUT2D eigenvalue weighted by Crippen LogP contribution is -2.01. The molecule has 1 atom stereocenters. The van der Waals surface area contributed by atoms with Crippen LogP contribution in [-0.4, -0.2) is 0 Å². The zero-order valence-corrected chi connectivity index (χ0v) is 10.3. The number of rotatable bonds is 2. The number of hydrogen-bond donors (Lipinski definition) is 0. The minimum atomic E-state index is -1.05. The molecule has 0 aliphatic rings. The van der Waals surface area contributed by atoms with Crippen LogP contribution in [0.5, 0.6) is 0 Å². The number of alkyl halides is 1. The summed E-state index contributed by atoms with van der Waals surface area (Å²) in [5.74, 6) is -1.79. The van der Waals surface area contributed by atoms with Crippen LogP contribution in [0.15, 0.2) is 36.4 Å². The van der Waals surface area contributed by atoms with Gasteiger partial charge < -0.3 is 0 Å². The Kier molecular flexibility index (Phi) is 3.62. The number of benzene rings is 2. The molecule has 0 nitrogen and oxygen atoms in total. The van der Waals surface area contributed by atoms with Gasteiger partial charge in [0.25, 0.3) is 0 Å². The molecule has 0 aromatic heterocycles. The van der Waals surface area contributed by atoms with Crippen molar-refractivity contribution in [3.05, 3.63) is 70.5 Å². The van der Waals surface area contributed by atoms with E-state index >= 15 is 0 Å². The fourth-order valence-electron chi connectivity index (χ4n) is 1.71. The lowest BCUT2D eigenvalue weighted by Gasteiger charge is -2.13. The molecular weight excluding hydrogens is 261 g/mol. The number of halogens is 4. The van der Waals surface area contributed by atoms with Gasteiger partial charge in [0.2, 0.25) is 0 Å². The van der Waals surface area contributed by atoms with Gasteiger partial charge in [0.15, 0.2) is 0 Å². The monoisotopic (exact) mass is 270 g/mol. The van der Waals surface area contributed by atoms with Crippen molar-refractivity contribution in [3.8, 4) is 0 Å². The summed E-state index contributed by atoms with van der Waals surface area (Å²) < 4.78 is 40.3. The molecule has 2 aromatic carbocycles. The minimum absolute atomic E-state index is 0.0700. The fraction of sp³-hybridized carbons (Fsp3) is 0.143. The summed E-state index contributed by atoms with van der Waals surface area (Å²) in [5, 5.41) is -1.05. The molecule has 2 aromatic rings. The molecule has 0 amide bonds. The summed E-state index contributed by atoms with van der Waals surface area (Å²) in [7, 11) is 0. The normalized spacial score (nSPS) is 12.5. The highest BCUT2D eigenvalue weighted by Gasteiger charge is 2.19. The third-order valence-electron chi connectivity index (χ3n) is 2.66. The maximum Gasteiger partial charge on any atom is 0.128 e. The van der Waals surface area contributed by atoms with E-state index in [1.54, 1.807) is 13.0 Å². The first kappa shape index (κ1) is 13.0.